The van der Waals surface area contributed by atoms with Crippen molar-refractivity contribution in [2.24, 2.45) is 0 Å². The molecule has 0 unspecified atom stereocenters. The van der Waals surface area contributed by atoms with E-state index in [1.54, 1.807) is 11.6 Å². The van der Waals surface area contributed by atoms with Crippen molar-refractivity contribution < 1.29 is 10.0 Å². The molecule has 0 saturated carbocycles. The number of benzene rings is 2. The molecule has 1 amide bonds. The van der Waals surface area contributed by atoms with Crippen LogP contribution in [-0.2, 0) is 11.3 Å². The van der Waals surface area contributed by atoms with E-state index in [9.17, 15) is 4.79 Å². The molecule has 0 bridgehead atoms. The summed E-state index contributed by atoms with van der Waals surface area (Å²) in [5.74, 6) is -0.558. The SMILES string of the molecule is Cc1c(-c2ccc(Cl)cc2)ncn1Cc1ccc(/C=C/C(=O)NO)cc1. The van der Waals surface area contributed by atoms with Crippen molar-refractivity contribution in [1.29, 1.82) is 0 Å². The fourth-order valence-electron chi connectivity index (χ4n) is 2.63. The van der Waals surface area contributed by atoms with E-state index in [0.29, 0.717) is 11.6 Å². The molecule has 3 rings (SSSR count). The second-order valence-corrected chi connectivity index (χ2v) is 6.30. The zero-order valence-corrected chi connectivity index (χ0v) is 14.9. The maximum absolute atomic E-state index is 11.0. The van der Waals surface area contributed by atoms with Crippen molar-refractivity contribution in [3.05, 3.63) is 82.8 Å². The van der Waals surface area contributed by atoms with Crippen LogP contribution < -0.4 is 5.48 Å². The lowest BCUT2D eigenvalue weighted by Crippen LogP contribution is -2.14. The smallest absolute Gasteiger partial charge is 0.267 e. The summed E-state index contributed by atoms with van der Waals surface area (Å²) in [5.41, 5.74) is 6.62. The number of hydroxylamine groups is 1. The third-order valence-corrected chi connectivity index (χ3v) is 4.34. The van der Waals surface area contributed by atoms with Crippen molar-refractivity contribution in [2.75, 3.05) is 0 Å². The van der Waals surface area contributed by atoms with Gasteiger partial charge in [-0.1, -0.05) is 48.0 Å². The monoisotopic (exact) mass is 367 g/mol. The molecule has 0 aliphatic rings. The first-order valence-electron chi connectivity index (χ1n) is 8.05. The Bertz CT molecular complexity index is 929. The van der Waals surface area contributed by atoms with Crippen LogP contribution in [0.15, 0.2) is 60.9 Å². The summed E-state index contributed by atoms with van der Waals surface area (Å²) in [5, 5.41) is 9.18. The first-order chi connectivity index (χ1) is 12.6. The van der Waals surface area contributed by atoms with Gasteiger partial charge in [0.1, 0.15) is 0 Å². The molecule has 1 heterocycles. The number of amides is 1. The second-order valence-electron chi connectivity index (χ2n) is 5.86. The minimum atomic E-state index is -0.558. The number of halogens is 1. The molecular weight excluding hydrogens is 350 g/mol. The highest BCUT2D eigenvalue weighted by Crippen LogP contribution is 2.24. The van der Waals surface area contributed by atoms with Gasteiger partial charge in [-0.15, -0.1) is 0 Å². The molecule has 6 heteroatoms. The molecule has 0 fully saturated rings. The van der Waals surface area contributed by atoms with Crippen LogP contribution in [0.4, 0.5) is 0 Å². The molecule has 1 aromatic heterocycles. The van der Waals surface area contributed by atoms with E-state index in [1.165, 1.54) is 6.08 Å². The number of nitrogens with one attached hydrogen (secondary N) is 1. The Hall–Kier alpha value is -2.89. The third kappa shape index (κ3) is 4.20. The van der Waals surface area contributed by atoms with Gasteiger partial charge in [-0.2, -0.15) is 0 Å². The Labute approximate surface area is 156 Å². The van der Waals surface area contributed by atoms with Crippen LogP contribution in [-0.4, -0.2) is 20.7 Å². The molecule has 3 aromatic rings. The minimum absolute atomic E-state index is 0.558. The van der Waals surface area contributed by atoms with Crippen LogP contribution in [0.25, 0.3) is 17.3 Å². The summed E-state index contributed by atoms with van der Waals surface area (Å²) in [6.45, 7) is 2.75. The van der Waals surface area contributed by atoms with E-state index in [-0.39, 0.29) is 0 Å². The lowest BCUT2D eigenvalue weighted by Gasteiger charge is -2.07. The summed E-state index contributed by atoms with van der Waals surface area (Å²) < 4.78 is 2.09. The van der Waals surface area contributed by atoms with Crippen LogP contribution in [0.1, 0.15) is 16.8 Å². The highest BCUT2D eigenvalue weighted by atomic mass is 35.5. The maximum Gasteiger partial charge on any atom is 0.267 e. The van der Waals surface area contributed by atoms with Gasteiger partial charge in [-0.25, -0.2) is 10.5 Å². The van der Waals surface area contributed by atoms with E-state index < -0.39 is 5.91 Å². The molecule has 26 heavy (non-hydrogen) atoms. The Morgan fingerprint density at radius 2 is 1.88 bits per heavy atom. The van der Waals surface area contributed by atoms with Gasteiger partial charge in [0.05, 0.1) is 12.0 Å². The molecule has 2 N–H and O–H groups in total. The molecule has 0 saturated heterocycles. The van der Waals surface area contributed by atoms with E-state index in [4.69, 9.17) is 16.8 Å². The number of carbonyl (C=O) groups is 1. The van der Waals surface area contributed by atoms with Crippen molar-refractivity contribution in [3.63, 3.8) is 0 Å². The summed E-state index contributed by atoms with van der Waals surface area (Å²) in [6, 6.07) is 15.5. The van der Waals surface area contributed by atoms with Gasteiger partial charge in [0, 0.05) is 28.9 Å². The van der Waals surface area contributed by atoms with Gasteiger partial charge in [0.2, 0.25) is 0 Å². The maximum atomic E-state index is 11.0. The molecule has 5 nitrogen and oxygen atoms in total. The number of carbonyl (C=O) groups excluding carboxylic acids is 1. The lowest BCUT2D eigenvalue weighted by molar-refractivity contribution is -0.124. The van der Waals surface area contributed by atoms with Crippen molar-refractivity contribution >= 4 is 23.6 Å². The van der Waals surface area contributed by atoms with Crippen molar-refractivity contribution in [1.82, 2.24) is 15.0 Å². The van der Waals surface area contributed by atoms with Gasteiger partial charge >= 0.3 is 0 Å². The standard InChI is InChI=1S/C20H18ClN3O2/c1-14-20(17-7-9-18(21)10-8-17)22-13-24(14)12-16-4-2-15(3-5-16)6-11-19(25)23-26/h2-11,13,26H,12H2,1H3,(H,23,25)/b11-6+. The highest BCUT2D eigenvalue weighted by Gasteiger charge is 2.09. The molecule has 0 aliphatic carbocycles. The van der Waals surface area contributed by atoms with Gasteiger partial charge in [-0.05, 0) is 36.3 Å². The van der Waals surface area contributed by atoms with E-state index in [0.717, 1.165) is 28.1 Å². The number of nitrogens with zero attached hydrogens (tertiary/aromatic N) is 2. The molecule has 132 valence electrons. The first kappa shape index (κ1) is 17.9. The number of imidazole rings is 1. The molecule has 0 radical (unpaired) electrons. The van der Waals surface area contributed by atoms with Gasteiger partial charge < -0.3 is 4.57 Å². The molecule has 0 spiro atoms. The van der Waals surface area contributed by atoms with Crippen LogP contribution in [0.3, 0.4) is 0 Å². The summed E-state index contributed by atoms with van der Waals surface area (Å²) in [4.78, 5) is 15.5. The van der Waals surface area contributed by atoms with E-state index >= 15 is 0 Å². The predicted molar refractivity (Wildman–Crippen MR) is 102 cm³/mol. The highest BCUT2D eigenvalue weighted by molar-refractivity contribution is 6.30. The normalized spacial score (nSPS) is 11.0. The van der Waals surface area contributed by atoms with Gasteiger partial charge in [0.25, 0.3) is 5.91 Å². The summed E-state index contributed by atoms with van der Waals surface area (Å²) in [7, 11) is 0. The zero-order chi connectivity index (χ0) is 18.5. The Balaban J connectivity index is 1.74. The summed E-state index contributed by atoms with van der Waals surface area (Å²) in [6.07, 6.45) is 4.74. The van der Waals surface area contributed by atoms with E-state index in [2.05, 4.69) is 9.55 Å². The van der Waals surface area contributed by atoms with Crippen molar-refractivity contribution in [2.45, 2.75) is 13.5 Å². The van der Waals surface area contributed by atoms with Crippen molar-refractivity contribution in [3.8, 4) is 11.3 Å². The number of hydrogen-bond donors (Lipinski definition) is 2. The van der Waals surface area contributed by atoms with Crippen LogP contribution in [0.5, 0.6) is 0 Å². The zero-order valence-electron chi connectivity index (χ0n) is 14.2. The van der Waals surface area contributed by atoms with E-state index in [1.807, 2.05) is 61.8 Å². The quantitative estimate of drug-likeness (QED) is 0.405. The van der Waals surface area contributed by atoms with Crippen LogP contribution in [0.2, 0.25) is 5.02 Å². The van der Waals surface area contributed by atoms with Gasteiger partial charge in [0.15, 0.2) is 0 Å². The lowest BCUT2D eigenvalue weighted by atomic mass is 10.1. The number of hydrogen-bond acceptors (Lipinski definition) is 3. The Kier molecular flexibility index (Phi) is 5.51. The third-order valence-electron chi connectivity index (χ3n) is 4.09. The Morgan fingerprint density at radius 1 is 1.19 bits per heavy atom. The topological polar surface area (TPSA) is 67.2 Å². The predicted octanol–water partition coefficient (Wildman–Crippen LogP) is 4.08. The first-order valence-corrected chi connectivity index (χ1v) is 8.43. The Morgan fingerprint density at radius 3 is 2.54 bits per heavy atom. The summed E-state index contributed by atoms with van der Waals surface area (Å²) >= 11 is 5.95. The number of rotatable bonds is 5. The average molecular weight is 368 g/mol. The molecule has 2 aromatic carbocycles. The fraction of sp³-hybridized carbons (Fsp3) is 0.100. The fourth-order valence-corrected chi connectivity index (χ4v) is 2.76. The molecule has 0 aliphatic heterocycles. The van der Waals surface area contributed by atoms with Gasteiger partial charge in [-0.3, -0.25) is 10.0 Å². The molecule has 0 atom stereocenters. The van der Waals surface area contributed by atoms with Crippen LogP contribution >= 0.6 is 11.6 Å². The minimum Gasteiger partial charge on any atom is -0.330 e. The average Bonchev–Trinajstić information content (AvgIpc) is 3.02. The number of aromatic nitrogens is 2. The molecular formula is C20H18ClN3O2. The largest absolute Gasteiger partial charge is 0.330 e. The van der Waals surface area contributed by atoms with Crippen LogP contribution in [0, 0.1) is 6.92 Å². The second kappa shape index (κ2) is 7.99.